The predicted molar refractivity (Wildman–Crippen MR) is 74.1 cm³/mol. The van der Waals surface area contributed by atoms with Crippen LogP contribution in [0.2, 0.25) is 0 Å². The Bertz CT molecular complexity index is 616. The zero-order valence-electron chi connectivity index (χ0n) is 9.90. The lowest BCUT2D eigenvalue weighted by Crippen LogP contribution is -2.08. The van der Waals surface area contributed by atoms with Gasteiger partial charge in [0.25, 0.3) is 0 Å². The zero-order valence-corrected chi connectivity index (χ0v) is 11.5. The lowest BCUT2D eigenvalue weighted by atomic mass is 10.2. The molecule has 0 saturated heterocycles. The lowest BCUT2D eigenvalue weighted by Gasteiger charge is -2.08. The fourth-order valence-electron chi connectivity index (χ4n) is 1.56. The summed E-state index contributed by atoms with van der Waals surface area (Å²) in [5.41, 5.74) is 6.62. The van der Waals surface area contributed by atoms with Crippen molar-refractivity contribution in [2.24, 2.45) is 0 Å². The molecule has 0 fully saturated rings. The smallest absolute Gasteiger partial charge is 0.340 e. The highest BCUT2D eigenvalue weighted by molar-refractivity contribution is 9.10. The van der Waals surface area contributed by atoms with E-state index in [0.717, 1.165) is 4.47 Å². The molecule has 3 nitrogen and oxygen atoms in total. The normalized spacial score (nSPS) is 10.2. The number of rotatable bonds is 3. The third-order valence-corrected chi connectivity index (χ3v) is 3.04. The van der Waals surface area contributed by atoms with Crippen LogP contribution in [0.1, 0.15) is 15.9 Å². The van der Waals surface area contributed by atoms with Crippen molar-refractivity contribution >= 4 is 27.6 Å². The summed E-state index contributed by atoms with van der Waals surface area (Å²) in [6.07, 6.45) is 0. The molecule has 0 heterocycles. The van der Waals surface area contributed by atoms with Gasteiger partial charge in [-0.05, 0) is 24.3 Å². The van der Waals surface area contributed by atoms with Gasteiger partial charge in [-0.1, -0.05) is 34.1 Å². The molecule has 19 heavy (non-hydrogen) atoms. The van der Waals surface area contributed by atoms with E-state index in [1.54, 1.807) is 36.4 Å². The van der Waals surface area contributed by atoms with E-state index in [0.29, 0.717) is 11.3 Å². The molecule has 0 aromatic heterocycles. The van der Waals surface area contributed by atoms with Crippen LogP contribution in [0.3, 0.4) is 0 Å². The number of halogens is 2. The molecule has 0 spiro atoms. The Morgan fingerprint density at radius 2 is 2.00 bits per heavy atom. The first-order valence-corrected chi connectivity index (χ1v) is 6.33. The van der Waals surface area contributed by atoms with Crippen LogP contribution in [0, 0.1) is 5.82 Å². The molecule has 2 rings (SSSR count). The van der Waals surface area contributed by atoms with Gasteiger partial charge in [0.1, 0.15) is 12.4 Å². The number of esters is 1. The van der Waals surface area contributed by atoms with E-state index in [1.165, 1.54) is 6.07 Å². The summed E-state index contributed by atoms with van der Waals surface area (Å²) in [6.45, 7) is -0.124. The molecule has 0 radical (unpaired) electrons. The van der Waals surface area contributed by atoms with E-state index in [1.807, 2.05) is 0 Å². The monoisotopic (exact) mass is 323 g/mol. The Morgan fingerprint density at radius 1 is 1.26 bits per heavy atom. The van der Waals surface area contributed by atoms with Gasteiger partial charge in [-0.15, -0.1) is 0 Å². The SMILES string of the molecule is Nc1cc(Br)ccc1C(=O)OCc1ccccc1F. The molecule has 0 saturated carbocycles. The van der Waals surface area contributed by atoms with E-state index in [2.05, 4.69) is 15.9 Å². The number of carbonyl (C=O) groups excluding carboxylic acids is 1. The molecule has 2 aromatic carbocycles. The van der Waals surface area contributed by atoms with Gasteiger partial charge in [-0.2, -0.15) is 0 Å². The zero-order chi connectivity index (χ0) is 13.8. The number of anilines is 1. The van der Waals surface area contributed by atoms with Crippen LogP contribution < -0.4 is 5.73 Å². The largest absolute Gasteiger partial charge is 0.457 e. The molecule has 0 bridgehead atoms. The molecule has 0 unspecified atom stereocenters. The second kappa shape index (κ2) is 5.84. The van der Waals surface area contributed by atoms with Crippen molar-refractivity contribution in [1.82, 2.24) is 0 Å². The maximum atomic E-state index is 13.4. The standard InChI is InChI=1S/C14H11BrFNO2/c15-10-5-6-11(13(17)7-10)14(18)19-8-9-3-1-2-4-12(9)16/h1-7H,8,17H2. The quantitative estimate of drug-likeness (QED) is 0.694. The summed E-state index contributed by atoms with van der Waals surface area (Å²) in [5.74, 6) is -0.979. The molecule has 0 aliphatic carbocycles. The second-order valence-corrected chi connectivity index (χ2v) is 4.81. The van der Waals surface area contributed by atoms with Gasteiger partial charge in [0.2, 0.25) is 0 Å². The van der Waals surface area contributed by atoms with Crippen molar-refractivity contribution in [3.8, 4) is 0 Å². The number of ether oxygens (including phenoxy) is 1. The molecule has 98 valence electrons. The summed E-state index contributed by atoms with van der Waals surface area (Å²) >= 11 is 3.25. The highest BCUT2D eigenvalue weighted by Gasteiger charge is 2.12. The molecule has 0 amide bonds. The van der Waals surface area contributed by atoms with Crippen LogP contribution >= 0.6 is 15.9 Å². The van der Waals surface area contributed by atoms with E-state index < -0.39 is 11.8 Å². The first-order chi connectivity index (χ1) is 9.08. The predicted octanol–water partition coefficient (Wildman–Crippen LogP) is 3.53. The van der Waals surface area contributed by atoms with E-state index >= 15 is 0 Å². The fourth-order valence-corrected chi connectivity index (χ4v) is 1.93. The molecule has 0 aliphatic rings. The van der Waals surface area contributed by atoms with Crippen LogP contribution in [0.4, 0.5) is 10.1 Å². The van der Waals surface area contributed by atoms with Gasteiger partial charge < -0.3 is 10.5 Å². The summed E-state index contributed by atoms with van der Waals surface area (Å²) in [4.78, 5) is 11.8. The minimum atomic E-state index is -0.576. The van der Waals surface area contributed by atoms with Gasteiger partial charge in [0.15, 0.2) is 0 Å². The topological polar surface area (TPSA) is 52.3 Å². The molecular formula is C14H11BrFNO2. The van der Waals surface area contributed by atoms with Crippen molar-refractivity contribution in [2.75, 3.05) is 5.73 Å². The van der Waals surface area contributed by atoms with Crippen molar-refractivity contribution in [1.29, 1.82) is 0 Å². The first kappa shape index (κ1) is 13.5. The number of nitrogen functional groups attached to an aromatic ring is 1. The summed E-state index contributed by atoms with van der Waals surface area (Å²) in [5, 5.41) is 0. The number of carbonyl (C=O) groups is 1. The maximum absolute atomic E-state index is 13.4. The Kier molecular flexibility index (Phi) is 4.16. The first-order valence-electron chi connectivity index (χ1n) is 5.53. The van der Waals surface area contributed by atoms with Gasteiger partial charge in [0.05, 0.1) is 5.56 Å². The molecule has 5 heteroatoms. The average molecular weight is 324 g/mol. The van der Waals surface area contributed by atoms with E-state index in [-0.39, 0.29) is 12.2 Å². The Hall–Kier alpha value is -1.88. The Morgan fingerprint density at radius 3 is 2.68 bits per heavy atom. The van der Waals surface area contributed by atoms with E-state index in [4.69, 9.17) is 10.5 Å². The van der Waals surface area contributed by atoms with Crippen LogP contribution in [0.25, 0.3) is 0 Å². The van der Waals surface area contributed by atoms with Gasteiger partial charge in [0, 0.05) is 15.7 Å². The van der Waals surface area contributed by atoms with Crippen molar-refractivity contribution < 1.29 is 13.9 Å². The van der Waals surface area contributed by atoms with Gasteiger partial charge in [-0.3, -0.25) is 0 Å². The Labute approximate surface area is 118 Å². The fraction of sp³-hybridized carbons (Fsp3) is 0.0714. The lowest BCUT2D eigenvalue weighted by molar-refractivity contribution is 0.0470. The number of hydrogen-bond donors (Lipinski definition) is 1. The highest BCUT2D eigenvalue weighted by Crippen LogP contribution is 2.20. The second-order valence-electron chi connectivity index (χ2n) is 3.90. The molecular weight excluding hydrogens is 313 g/mol. The Balaban J connectivity index is 2.08. The summed E-state index contributed by atoms with van der Waals surface area (Å²) in [7, 11) is 0. The summed E-state index contributed by atoms with van der Waals surface area (Å²) in [6, 6.07) is 11.0. The van der Waals surface area contributed by atoms with E-state index in [9.17, 15) is 9.18 Å². The third kappa shape index (κ3) is 3.32. The highest BCUT2D eigenvalue weighted by atomic mass is 79.9. The van der Waals surface area contributed by atoms with Crippen molar-refractivity contribution in [2.45, 2.75) is 6.61 Å². The van der Waals surface area contributed by atoms with Crippen LogP contribution in [-0.2, 0) is 11.3 Å². The van der Waals surface area contributed by atoms with Crippen molar-refractivity contribution in [3.63, 3.8) is 0 Å². The number of nitrogens with two attached hydrogens (primary N) is 1. The van der Waals surface area contributed by atoms with Crippen LogP contribution in [-0.4, -0.2) is 5.97 Å². The summed E-state index contributed by atoms with van der Waals surface area (Å²) < 4.78 is 19.2. The third-order valence-electron chi connectivity index (χ3n) is 2.55. The molecule has 0 aliphatic heterocycles. The average Bonchev–Trinajstić information content (AvgIpc) is 2.37. The minimum Gasteiger partial charge on any atom is -0.457 e. The van der Waals surface area contributed by atoms with Crippen molar-refractivity contribution in [3.05, 3.63) is 63.9 Å². The van der Waals surface area contributed by atoms with Gasteiger partial charge in [-0.25, -0.2) is 9.18 Å². The number of benzene rings is 2. The molecule has 0 atom stereocenters. The number of hydrogen-bond acceptors (Lipinski definition) is 3. The minimum absolute atomic E-state index is 0.124. The van der Waals surface area contributed by atoms with Crippen LogP contribution in [0.15, 0.2) is 46.9 Å². The maximum Gasteiger partial charge on any atom is 0.340 e. The van der Waals surface area contributed by atoms with Crippen LogP contribution in [0.5, 0.6) is 0 Å². The molecule has 2 aromatic rings. The van der Waals surface area contributed by atoms with Gasteiger partial charge >= 0.3 is 5.97 Å². The molecule has 2 N–H and O–H groups in total.